The molecule has 1 N–H and O–H groups in total. The minimum absolute atomic E-state index is 0.284. The molecule has 1 saturated heterocycles. The molecule has 1 atom stereocenters. The number of ether oxygens (including phenoxy) is 1. The molecule has 1 spiro atoms. The Kier molecular flexibility index (Phi) is 3.73. The summed E-state index contributed by atoms with van der Waals surface area (Å²) in [4.78, 5) is 2.83. The molecular weight excluding hydrogens is 242 g/mol. The Hall–Kier alpha value is -0.380. The third-order valence-corrected chi connectivity index (χ3v) is 5.32. The molecule has 3 rings (SSSR count). The zero-order valence-electron chi connectivity index (χ0n) is 11.2. The van der Waals surface area contributed by atoms with E-state index in [0.717, 1.165) is 13.1 Å². The van der Waals surface area contributed by atoms with Crippen LogP contribution in [0.5, 0.6) is 0 Å². The van der Waals surface area contributed by atoms with Crippen molar-refractivity contribution in [2.45, 2.75) is 63.7 Å². The molecule has 1 aromatic rings. The third kappa shape index (κ3) is 2.79. The van der Waals surface area contributed by atoms with E-state index in [0.29, 0.717) is 6.10 Å². The molecule has 0 bridgehead atoms. The molecular formula is C15H23NOS. The second-order valence-electron chi connectivity index (χ2n) is 5.81. The fourth-order valence-corrected chi connectivity index (χ4v) is 4.22. The predicted molar refractivity (Wildman–Crippen MR) is 76.1 cm³/mol. The second kappa shape index (κ2) is 5.32. The zero-order chi connectivity index (χ0) is 12.4. The minimum Gasteiger partial charge on any atom is -0.370 e. The van der Waals surface area contributed by atoms with Crippen LogP contribution >= 0.6 is 11.3 Å². The van der Waals surface area contributed by atoms with Crippen molar-refractivity contribution in [1.82, 2.24) is 5.32 Å². The lowest BCUT2D eigenvalue weighted by atomic mass is 9.98. The molecule has 1 aromatic heterocycles. The van der Waals surface area contributed by atoms with Crippen LogP contribution in [0.15, 0.2) is 12.1 Å². The van der Waals surface area contributed by atoms with E-state index in [2.05, 4.69) is 24.4 Å². The van der Waals surface area contributed by atoms with Crippen molar-refractivity contribution in [3.63, 3.8) is 0 Å². The van der Waals surface area contributed by atoms with E-state index in [9.17, 15) is 0 Å². The monoisotopic (exact) mass is 265 g/mol. The number of aryl methyl sites for hydroxylation is 1. The van der Waals surface area contributed by atoms with Gasteiger partial charge in [-0.25, -0.2) is 0 Å². The molecule has 0 aromatic carbocycles. The number of hydrogen-bond donors (Lipinski definition) is 1. The Morgan fingerprint density at radius 2 is 2.17 bits per heavy atom. The summed E-state index contributed by atoms with van der Waals surface area (Å²) in [7, 11) is 0. The highest BCUT2D eigenvalue weighted by Gasteiger charge is 2.41. The molecule has 1 aliphatic heterocycles. The quantitative estimate of drug-likeness (QED) is 0.897. The normalized spacial score (nSPS) is 26.2. The van der Waals surface area contributed by atoms with E-state index in [1.54, 1.807) is 0 Å². The van der Waals surface area contributed by atoms with Crippen LogP contribution in [0.4, 0.5) is 0 Å². The van der Waals surface area contributed by atoms with Gasteiger partial charge in [0.25, 0.3) is 0 Å². The Labute approximate surface area is 114 Å². The fraction of sp³-hybridized carbons (Fsp3) is 0.733. The van der Waals surface area contributed by atoms with Crippen LogP contribution in [0.3, 0.4) is 0 Å². The Morgan fingerprint density at radius 3 is 2.89 bits per heavy atom. The predicted octanol–water partition coefficient (Wildman–Crippen LogP) is 3.64. The first kappa shape index (κ1) is 12.6. The van der Waals surface area contributed by atoms with Crippen LogP contribution in [0, 0.1) is 6.92 Å². The summed E-state index contributed by atoms with van der Waals surface area (Å²) in [5.74, 6) is 0. The van der Waals surface area contributed by atoms with E-state index in [-0.39, 0.29) is 5.60 Å². The molecule has 3 heteroatoms. The molecule has 0 radical (unpaired) electrons. The first-order chi connectivity index (χ1) is 8.76. The highest BCUT2D eigenvalue weighted by atomic mass is 32.1. The van der Waals surface area contributed by atoms with Crippen molar-refractivity contribution in [3.8, 4) is 0 Å². The highest BCUT2D eigenvalue weighted by molar-refractivity contribution is 7.11. The van der Waals surface area contributed by atoms with Crippen LogP contribution in [0.25, 0.3) is 0 Å². The Balaban J connectivity index is 1.42. The lowest BCUT2D eigenvalue weighted by Crippen LogP contribution is -2.30. The molecule has 2 heterocycles. The molecule has 0 amide bonds. The van der Waals surface area contributed by atoms with Gasteiger partial charge in [-0.15, -0.1) is 11.3 Å². The summed E-state index contributed by atoms with van der Waals surface area (Å²) in [6.45, 7) is 4.17. The van der Waals surface area contributed by atoms with Gasteiger partial charge in [-0.1, -0.05) is 12.8 Å². The molecule has 1 aliphatic carbocycles. The molecule has 2 aliphatic rings. The summed E-state index contributed by atoms with van der Waals surface area (Å²) >= 11 is 1.89. The maximum absolute atomic E-state index is 6.29. The van der Waals surface area contributed by atoms with Crippen LogP contribution in [-0.2, 0) is 11.3 Å². The van der Waals surface area contributed by atoms with Gasteiger partial charge >= 0.3 is 0 Å². The molecule has 1 saturated carbocycles. The van der Waals surface area contributed by atoms with Crippen LogP contribution < -0.4 is 5.32 Å². The summed E-state index contributed by atoms with van der Waals surface area (Å²) in [5.41, 5.74) is 0.284. The standard InChI is InChI=1S/C15H23NOS/c1-12-4-5-14(18-12)11-16-10-13-6-9-15(17-13)7-2-3-8-15/h4-5,13,16H,2-3,6-11H2,1H3. The van der Waals surface area contributed by atoms with E-state index < -0.39 is 0 Å². The van der Waals surface area contributed by atoms with Crippen molar-refractivity contribution in [2.75, 3.05) is 6.54 Å². The van der Waals surface area contributed by atoms with Crippen molar-refractivity contribution in [2.24, 2.45) is 0 Å². The van der Waals surface area contributed by atoms with Gasteiger partial charge in [0.1, 0.15) is 0 Å². The summed E-state index contributed by atoms with van der Waals surface area (Å²) in [6.07, 6.45) is 8.32. The van der Waals surface area contributed by atoms with Crippen molar-refractivity contribution >= 4 is 11.3 Å². The number of thiophene rings is 1. The average molecular weight is 265 g/mol. The molecule has 100 valence electrons. The average Bonchev–Trinajstić information content (AvgIpc) is 3.05. The van der Waals surface area contributed by atoms with Crippen LogP contribution in [0.1, 0.15) is 48.3 Å². The van der Waals surface area contributed by atoms with Crippen LogP contribution in [0.2, 0.25) is 0 Å². The largest absolute Gasteiger partial charge is 0.370 e. The lowest BCUT2D eigenvalue weighted by Gasteiger charge is -2.23. The van der Waals surface area contributed by atoms with Gasteiger partial charge in [-0.3, -0.25) is 0 Å². The lowest BCUT2D eigenvalue weighted by molar-refractivity contribution is -0.0351. The first-order valence-electron chi connectivity index (χ1n) is 7.20. The van der Waals surface area contributed by atoms with E-state index in [1.807, 2.05) is 11.3 Å². The number of hydrogen-bond acceptors (Lipinski definition) is 3. The minimum atomic E-state index is 0.284. The summed E-state index contributed by atoms with van der Waals surface area (Å²) in [5, 5.41) is 3.55. The Morgan fingerprint density at radius 1 is 1.33 bits per heavy atom. The first-order valence-corrected chi connectivity index (χ1v) is 8.01. The molecule has 2 nitrogen and oxygen atoms in total. The van der Waals surface area contributed by atoms with Gasteiger partial charge in [0, 0.05) is 22.8 Å². The van der Waals surface area contributed by atoms with Gasteiger partial charge in [0.15, 0.2) is 0 Å². The van der Waals surface area contributed by atoms with Gasteiger partial charge in [-0.05, 0) is 44.7 Å². The van der Waals surface area contributed by atoms with Gasteiger partial charge < -0.3 is 10.1 Å². The molecule has 2 fully saturated rings. The van der Waals surface area contributed by atoms with Gasteiger partial charge in [0.05, 0.1) is 11.7 Å². The SMILES string of the molecule is Cc1ccc(CNCC2CCC3(CCCC3)O2)s1. The second-order valence-corrected chi connectivity index (χ2v) is 7.18. The maximum Gasteiger partial charge on any atom is 0.0708 e. The highest BCUT2D eigenvalue weighted by Crippen LogP contribution is 2.43. The van der Waals surface area contributed by atoms with Crippen molar-refractivity contribution in [1.29, 1.82) is 0 Å². The van der Waals surface area contributed by atoms with Gasteiger partial charge in [0.2, 0.25) is 0 Å². The van der Waals surface area contributed by atoms with E-state index in [4.69, 9.17) is 4.74 Å². The zero-order valence-corrected chi connectivity index (χ0v) is 12.0. The van der Waals surface area contributed by atoms with Crippen molar-refractivity contribution in [3.05, 3.63) is 21.9 Å². The summed E-state index contributed by atoms with van der Waals surface area (Å²) < 4.78 is 6.29. The van der Waals surface area contributed by atoms with E-state index in [1.165, 1.54) is 48.3 Å². The summed E-state index contributed by atoms with van der Waals surface area (Å²) in [6, 6.07) is 4.42. The topological polar surface area (TPSA) is 21.3 Å². The third-order valence-electron chi connectivity index (χ3n) is 4.32. The number of nitrogens with one attached hydrogen (secondary N) is 1. The van der Waals surface area contributed by atoms with Crippen LogP contribution in [-0.4, -0.2) is 18.2 Å². The molecule has 18 heavy (non-hydrogen) atoms. The molecule has 1 unspecified atom stereocenters. The number of rotatable bonds is 4. The van der Waals surface area contributed by atoms with Crippen molar-refractivity contribution < 1.29 is 4.74 Å². The van der Waals surface area contributed by atoms with Gasteiger partial charge in [-0.2, -0.15) is 0 Å². The Bertz CT molecular complexity index is 395. The fourth-order valence-electron chi connectivity index (χ4n) is 3.36. The maximum atomic E-state index is 6.29. The van der Waals surface area contributed by atoms with E-state index >= 15 is 0 Å². The smallest absolute Gasteiger partial charge is 0.0708 e.